The Balaban J connectivity index is 1.87. The summed E-state index contributed by atoms with van der Waals surface area (Å²) in [6, 6.07) is 19.4. The van der Waals surface area contributed by atoms with Crippen molar-refractivity contribution >= 4 is 27.3 Å². The fourth-order valence-corrected chi connectivity index (χ4v) is 4.47. The molecule has 3 aromatic carbocycles. The number of carbonyl (C=O) groups is 1. The molecule has 1 amide bonds. The van der Waals surface area contributed by atoms with Gasteiger partial charge in [0.15, 0.2) is 0 Å². The summed E-state index contributed by atoms with van der Waals surface area (Å²) >= 11 is 0. The minimum atomic E-state index is -4.14. The van der Waals surface area contributed by atoms with Crippen LogP contribution in [-0.4, -0.2) is 27.5 Å². The molecular weight excluding hydrogens is 445 g/mol. The molecule has 0 spiro atoms. The van der Waals surface area contributed by atoms with Gasteiger partial charge in [0, 0.05) is 5.69 Å². The number of halogens is 1. The number of carbonyl (C=O) groups excluding carboxylic acids is 1. The van der Waals surface area contributed by atoms with E-state index in [1.54, 1.807) is 24.3 Å². The number of hydrogen-bond acceptors (Lipinski definition) is 5. The molecule has 7 nitrogen and oxygen atoms in total. The van der Waals surface area contributed by atoms with Crippen LogP contribution in [0.2, 0.25) is 0 Å². The van der Waals surface area contributed by atoms with E-state index in [9.17, 15) is 17.6 Å². The molecule has 1 N–H and O–H groups in total. The van der Waals surface area contributed by atoms with Gasteiger partial charge in [-0.1, -0.05) is 12.1 Å². The van der Waals surface area contributed by atoms with Crippen LogP contribution in [0.25, 0.3) is 0 Å². The van der Waals surface area contributed by atoms with E-state index in [1.807, 2.05) is 13.0 Å². The maximum Gasteiger partial charge on any atom is 0.264 e. The molecule has 0 atom stereocenters. The lowest BCUT2D eigenvalue weighted by Crippen LogP contribution is -2.38. The summed E-state index contributed by atoms with van der Waals surface area (Å²) in [5.41, 5.74) is 1.39. The molecule has 0 aliphatic carbocycles. The first-order valence-corrected chi connectivity index (χ1v) is 11.5. The number of benzene rings is 3. The summed E-state index contributed by atoms with van der Waals surface area (Å²) in [5.74, 6) is -0.594. The Labute approximate surface area is 192 Å². The Morgan fingerprint density at radius 1 is 1.03 bits per heavy atom. The molecule has 170 valence electrons. The fourth-order valence-electron chi connectivity index (χ4n) is 3.05. The van der Waals surface area contributed by atoms with Gasteiger partial charge in [-0.3, -0.25) is 9.10 Å². The number of rotatable bonds is 9. The summed E-state index contributed by atoms with van der Waals surface area (Å²) in [6.45, 7) is 1.73. The molecule has 0 bridgehead atoms. The highest BCUT2D eigenvalue weighted by molar-refractivity contribution is 7.92. The molecule has 0 saturated carbocycles. The van der Waals surface area contributed by atoms with Crippen molar-refractivity contribution in [1.29, 1.82) is 5.26 Å². The van der Waals surface area contributed by atoms with Crippen LogP contribution < -0.4 is 14.4 Å². The molecule has 3 aromatic rings. The van der Waals surface area contributed by atoms with Crippen LogP contribution in [0.5, 0.6) is 5.75 Å². The average molecular weight is 468 g/mol. The number of nitrogens with one attached hydrogen (secondary N) is 1. The zero-order valence-electron chi connectivity index (χ0n) is 17.9. The first-order valence-electron chi connectivity index (χ1n) is 10.1. The Kier molecular flexibility index (Phi) is 7.64. The van der Waals surface area contributed by atoms with Gasteiger partial charge in [0.2, 0.25) is 5.91 Å². The molecule has 0 aliphatic heterocycles. The predicted octanol–water partition coefficient (Wildman–Crippen LogP) is 4.12. The number of anilines is 2. The van der Waals surface area contributed by atoms with Gasteiger partial charge >= 0.3 is 0 Å². The van der Waals surface area contributed by atoms with E-state index in [4.69, 9.17) is 10.00 Å². The molecule has 0 unspecified atom stereocenters. The van der Waals surface area contributed by atoms with Crippen LogP contribution in [0.1, 0.15) is 12.5 Å². The summed E-state index contributed by atoms with van der Waals surface area (Å²) in [5, 5.41) is 11.4. The number of nitrogens with zero attached hydrogens (tertiary/aromatic N) is 2. The van der Waals surface area contributed by atoms with Crippen LogP contribution >= 0.6 is 0 Å². The van der Waals surface area contributed by atoms with Gasteiger partial charge in [0.1, 0.15) is 18.1 Å². The van der Waals surface area contributed by atoms with E-state index in [0.29, 0.717) is 18.0 Å². The van der Waals surface area contributed by atoms with E-state index in [1.165, 1.54) is 36.4 Å². The van der Waals surface area contributed by atoms with Crippen molar-refractivity contribution in [2.45, 2.75) is 18.2 Å². The minimum Gasteiger partial charge on any atom is -0.494 e. The minimum absolute atomic E-state index is 0.0380. The molecule has 9 heteroatoms. The van der Waals surface area contributed by atoms with Crippen LogP contribution in [0.3, 0.4) is 0 Å². The Morgan fingerprint density at radius 2 is 1.67 bits per heavy atom. The Hall–Kier alpha value is -3.90. The highest BCUT2D eigenvalue weighted by atomic mass is 32.2. The second-order valence-corrected chi connectivity index (χ2v) is 8.83. The smallest absolute Gasteiger partial charge is 0.264 e. The van der Waals surface area contributed by atoms with Crippen molar-refractivity contribution in [2.75, 3.05) is 22.8 Å². The summed E-state index contributed by atoms with van der Waals surface area (Å²) < 4.78 is 46.5. The SMILES string of the molecule is CCOc1ccc(S(=O)(=O)N(CC(=O)Nc2ccc(CC#N)cc2)c2ccc(F)cc2)cc1. The summed E-state index contributed by atoms with van der Waals surface area (Å²) in [7, 11) is -4.14. The second kappa shape index (κ2) is 10.6. The summed E-state index contributed by atoms with van der Waals surface area (Å²) in [4.78, 5) is 12.7. The third-order valence-electron chi connectivity index (χ3n) is 4.65. The van der Waals surface area contributed by atoms with Crippen molar-refractivity contribution in [3.05, 3.63) is 84.2 Å². The maximum absolute atomic E-state index is 13.4. The maximum atomic E-state index is 13.4. The van der Waals surface area contributed by atoms with Crippen LogP contribution in [0, 0.1) is 17.1 Å². The van der Waals surface area contributed by atoms with E-state index in [0.717, 1.165) is 22.0 Å². The zero-order chi connectivity index (χ0) is 23.8. The lowest BCUT2D eigenvalue weighted by molar-refractivity contribution is -0.114. The highest BCUT2D eigenvalue weighted by Gasteiger charge is 2.27. The molecule has 0 fully saturated rings. The number of ether oxygens (including phenoxy) is 1. The van der Waals surface area contributed by atoms with E-state index in [2.05, 4.69) is 5.32 Å². The normalized spacial score (nSPS) is 10.8. The fraction of sp³-hybridized carbons (Fsp3) is 0.167. The molecule has 0 heterocycles. The predicted molar refractivity (Wildman–Crippen MR) is 123 cm³/mol. The van der Waals surface area contributed by atoms with Crippen molar-refractivity contribution in [2.24, 2.45) is 0 Å². The number of amides is 1. The van der Waals surface area contributed by atoms with Gasteiger partial charge in [-0.25, -0.2) is 12.8 Å². The zero-order valence-corrected chi connectivity index (χ0v) is 18.7. The highest BCUT2D eigenvalue weighted by Crippen LogP contribution is 2.25. The van der Waals surface area contributed by atoms with E-state index >= 15 is 0 Å². The van der Waals surface area contributed by atoms with Gasteiger partial charge in [-0.05, 0) is 73.2 Å². The van der Waals surface area contributed by atoms with Crippen molar-refractivity contribution in [3.63, 3.8) is 0 Å². The van der Waals surface area contributed by atoms with Gasteiger partial charge in [0.25, 0.3) is 10.0 Å². The third kappa shape index (κ3) is 6.08. The third-order valence-corrected chi connectivity index (χ3v) is 6.43. The quantitative estimate of drug-likeness (QED) is 0.510. The number of sulfonamides is 1. The molecule has 0 saturated heterocycles. The first-order chi connectivity index (χ1) is 15.8. The first kappa shape index (κ1) is 23.8. The number of hydrogen-bond donors (Lipinski definition) is 1. The topological polar surface area (TPSA) is 99.5 Å². The average Bonchev–Trinajstić information content (AvgIpc) is 2.80. The van der Waals surface area contributed by atoms with Crippen molar-refractivity contribution in [3.8, 4) is 11.8 Å². The van der Waals surface area contributed by atoms with Crippen LogP contribution in [0.15, 0.2) is 77.7 Å². The lowest BCUT2D eigenvalue weighted by atomic mass is 10.1. The molecule has 33 heavy (non-hydrogen) atoms. The van der Waals surface area contributed by atoms with Gasteiger partial charge in [0.05, 0.1) is 29.7 Å². The Morgan fingerprint density at radius 3 is 2.24 bits per heavy atom. The van der Waals surface area contributed by atoms with Gasteiger partial charge in [-0.15, -0.1) is 0 Å². The van der Waals surface area contributed by atoms with Gasteiger partial charge in [-0.2, -0.15) is 5.26 Å². The van der Waals surface area contributed by atoms with Crippen LogP contribution in [0.4, 0.5) is 15.8 Å². The van der Waals surface area contributed by atoms with Crippen molar-refractivity contribution in [1.82, 2.24) is 0 Å². The molecule has 0 radical (unpaired) electrons. The Bertz CT molecular complexity index is 1240. The van der Waals surface area contributed by atoms with E-state index in [-0.39, 0.29) is 17.0 Å². The van der Waals surface area contributed by atoms with Crippen LogP contribution in [-0.2, 0) is 21.2 Å². The monoisotopic (exact) mass is 467 g/mol. The molecule has 0 aromatic heterocycles. The molecular formula is C24H22FN3O4S. The largest absolute Gasteiger partial charge is 0.494 e. The lowest BCUT2D eigenvalue weighted by Gasteiger charge is -2.24. The number of nitriles is 1. The van der Waals surface area contributed by atoms with E-state index < -0.39 is 28.3 Å². The standard InChI is InChI=1S/C24H22FN3O4S/c1-2-32-22-11-13-23(14-12-22)33(30,31)28(21-9-5-19(25)6-10-21)17-24(29)27-20-7-3-18(4-8-20)15-16-26/h3-14H,2,15,17H2,1H3,(H,27,29). The van der Waals surface area contributed by atoms with Crippen molar-refractivity contribution < 1.29 is 22.3 Å². The van der Waals surface area contributed by atoms with Gasteiger partial charge < -0.3 is 10.1 Å². The molecule has 3 rings (SSSR count). The summed E-state index contributed by atoms with van der Waals surface area (Å²) in [6.07, 6.45) is 0.243. The second-order valence-electron chi connectivity index (χ2n) is 6.97. The molecule has 0 aliphatic rings.